The molecule has 8 heteroatoms. The van der Waals surface area contributed by atoms with E-state index in [4.69, 9.17) is 0 Å². The molecule has 2 N–H and O–H groups in total. The van der Waals surface area contributed by atoms with Crippen molar-refractivity contribution in [2.75, 3.05) is 6.54 Å². The molecule has 6 nitrogen and oxygen atoms in total. The molecule has 0 aromatic heterocycles. The average Bonchev–Trinajstić information content (AvgIpc) is 2.94. The summed E-state index contributed by atoms with van der Waals surface area (Å²) in [7, 11) is 0. The molecule has 0 aliphatic carbocycles. The van der Waals surface area contributed by atoms with Gasteiger partial charge in [-0.3, -0.25) is 14.5 Å². The van der Waals surface area contributed by atoms with Crippen LogP contribution in [0.15, 0.2) is 48.5 Å². The van der Waals surface area contributed by atoms with Crippen LogP contribution in [0.5, 0.6) is 0 Å². The Bertz CT molecular complexity index is 967. The van der Waals surface area contributed by atoms with Gasteiger partial charge < -0.3 is 10.6 Å². The van der Waals surface area contributed by atoms with E-state index in [0.29, 0.717) is 11.3 Å². The van der Waals surface area contributed by atoms with E-state index in [2.05, 4.69) is 10.6 Å². The van der Waals surface area contributed by atoms with Crippen LogP contribution in [0.1, 0.15) is 43.9 Å². The molecule has 0 spiro atoms. The molecule has 2 atom stereocenters. The lowest BCUT2D eigenvalue weighted by Gasteiger charge is -2.23. The summed E-state index contributed by atoms with van der Waals surface area (Å²) in [5.41, 5.74) is -1.18. The third-order valence-electron chi connectivity index (χ3n) is 5.16. The van der Waals surface area contributed by atoms with Gasteiger partial charge in [0.1, 0.15) is 23.7 Å². The molecule has 2 aromatic rings. The SMILES string of the molecule is CCC[C@@H](NC(=O)CN1C(=O)N[C@](C)(c2cc(F)ccc2F)C1=O)c1ccccc1. The van der Waals surface area contributed by atoms with Crippen LogP contribution < -0.4 is 10.6 Å². The van der Waals surface area contributed by atoms with E-state index in [9.17, 15) is 23.2 Å². The lowest BCUT2D eigenvalue weighted by Crippen LogP contribution is -2.44. The summed E-state index contributed by atoms with van der Waals surface area (Å²) in [6.45, 7) is 2.75. The fourth-order valence-corrected chi connectivity index (χ4v) is 3.58. The van der Waals surface area contributed by atoms with E-state index in [0.717, 1.165) is 30.2 Å². The Morgan fingerprint density at radius 2 is 1.87 bits per heavy atom. The first-order chi connectivity index (χ1) is 14.3. The molecule has 3 rings (SSSR count). The number of hydrogen-bond donors (Lipinski definition) is 2. The van der Waals surface area contributed by atoms with Gasteiger partial charge in [0.25, 0.3) is 5.91 Å². The largest absolute Gasteiger partial charge is 0.348 e. The normalized spacial score (nSPS) is 19.5. The maximum Gasteiger partial charge on any atom is 0.325 e. The summed E-state index contributed by atoms with van der Waals surface area (Å²) in [5.74, 6) is -2.91. The van der Waals surface area contributed by atoms with Gasteiger partial charge in [-0.1, -0.05) is 43.7 Å². The van der Waals surface area contributed by atoms with Crippen LogP contribution in [0, 0.1) is 11.6 Å². The molecule has 1 aliphatic rings. The zero-order valence-corrected chi connectivity index (χ0v) is 16.7. The monoisotopic (exact) mass is 415 g/mol. The number of amides is 4. The third-order valence-corrected chi connectivity index (χ3v) is 5.16. The van der Waals surface area contributed by atoms with Crippen LogP contribution in [-0.4, -0.2) is 29.3 Å². The summed E-state index contributed by atoms with van der Waals surface area (Å²) in [6, 6.07) is 10.9. The summed E-state index contributed by atoms with van der Waals surface area (Å²) in [5, 5.41) is 5.22. The van der Waals surface area contributed by atoms with Gasteiger partial charge in [-0.25, -0.2) is 13.6 Å². The van der Waals surface area contributed by atoms with Crippen LogP contribution in [0.25, 0.3) is 0 Å². The standard InChI is InChI=1S/C22H23F2N3O3/c1-3-7-18(14-8-5-4-6-9-14)25-19(28)13-27-20(29)22(2,26-21(27)30)16-12-15(23)10-11-17(16)24/h4-6,8-12,18H,3,7,13H2,1-2H3,(H,25,28)(H,26,30)/t18-,22-/m1/s1. The highest BCUT2D eigenvalue weighted by Crippen LogP contribution is 2.31. The van der Waals surface area contributed by atoms with Crippen molar-refractivity contribution < 1.29 is 23.2 Å². The highest BCUT2D eigenvalue weighted by Gasteiger charge is 2.50. The smallest absolute Gasteiger partial charge is 0.325 e. The van der Waals surface area contributed by atoms with Crippen LogP contribution in [0.4, 0.5) is 13.6 Å². The van der Waals surface area contributed by atoms with Crippen molar-refractivity contribution in [3.05, 3.63) is 71.3 Å². The Morgan fingerprint density at radius 3 is 2.53 bits per heavy atom. The van der Waals surface area contributed by atoms with Gasteiger partial charge in [-0.05, 0) is 37.1 Å². The second-order valence-corrected chi connectivity index (χ2v) is 7.39. The quantitative estimate of drug-likeness (QED) is 0.681. The van der Waals surface area contributed by atoms with Gasteiger partial charge in [0, 0.05) is 5.56 Å². The predicted molar refractivity (Wildman–Crippen MR) is 106 cm³/mol. The lowest BCUT2D eigenvalue weighted by molar-refractivity contribution is -0.135. The molecule has 1 saturated heterocycles. The lowest BCUT2D eigenvalue weighted by atomic mass is 9.91. The number of halogens is 2. The van der Waals surface area contributed by atoms with E-state index in [1.165, 1.54) is 6.92 Å². The summed E-state index contributed by atoms with van der Waals surface area (Å²) >= 11 is 0. The van der Waals surface area contributed by atoms with Gasteiger partial charge in [0.05, 0.1) is 6.04 Å². The van der Waals surface area contributed by atoms with E-state index in [1.807, 2.05) is 37.3 Å². The van der Waals surface area contributed by atoms with Crippen LogP contribution in [0.3, 0.4) is 0 Å². The predicted octanol–water partition coefficient (Wildman–Crippen LogP) is 3.39. The Morgan fingerprint density at radius 1 is 1.17 bits per heavy atom. The molecule has 30 heavy (non-hydrogen) atoms. The topological polar surface area (TPSA) is 78.5 Å². The molecule has 2 aromatic carbocycles. The number of benzene rings is 2. The van der Waals surface area contributed by atoms with Crippen molar-refractivity contribution in [3.8, 4) is 0 Å². The number of urea groups is 1. The van der Waals surface area contributed by atoms with Crippen molar-refractivity contribution in [1.82, 2.24) is 15.5 Å². The zero-order chi connectivity index (χ0) is 21.9. The number of hydrogen-bond acceptors (Lipinski definition) is 3. The van der Waals surface area contributed by atoms with Gasteiger partial charge >= 0.3 is 6.03 Å². The van der Waals surface area contributed by atoms with Gasteiger partial charge in [-0.2, -0.15) is 0 Å². The first-order valence-corrected chi connectivity index (χ1v) is 9.70. The Labute approximate surface area is 173 Å². The minimum Gasteiger partial charge on any atom is -0.348 e. The molecule has 1 aliphatic heterocycles. The fraction of sp³-hybridized carbons (Fsp3) is 0.318. The molecular weight excluding hydrogens is 392 g/mol. The minimum atomic E-state index is -1.80. The number of carbonyl (C=O) groups excluding carboxylic acids is 3. The molecule has 0 radical (unpaired) electrons. The van der Waals surface area contributed by atoms with E-state index in [-0.39, 0.29) is 11.6 Å². The minimum absolute atomic E-state index is 0.267. The van der Waals surface area contributed by atoms with Gasteiger partial charge in [0.15, 0.2) is 0 Å². The van der Waals surface area contributed by atoms with Crippen LogP contribution in [-0.2, 0) is 15.1 Å². The summed E-state index contributed by atoms with van der Waals surface area (Å²) in [4.78, 5) is 38.6. The van der Waals surface area contributed by atoms with Gasteiger partial charge in [0.2, 0.25) is 5.91 Å². The fourth-order valence-electron chi connectivity index (χ4n) is 3.58. The average molecular weight is 415 g/mol. The summed E-state index contributed by atoms with van der Waals surface area (Å²) in [6.07, 6.45) is 1.50. The van der Waals surface area contributed by atoms with Gasteiger partial charge in [-0.15, -0.1) is 0 Å². The molecule has 1 heterocycles. The Balaban J connectivity index is 1.76. The number of carbonyl (C=O) groups is 3. The first-order valence-electron chi connectivity index (χ1n) is 9.70. The number of rotatable bonds is 7. The third kappa shape index (κ3) is 4.17. The van der Waals surface area contributed by atoms with E-state index in [1.54, 1.807) is 0 Å². The van der Waals surface area contributed by atoms with Crippen molar-refractivity contribution in [2.45, 2.75) is 38.3 Å². The second-order valence-electron chi connectivity index (χ2n) is 7.39. The van der Waals surface area contributed by atoms with Crippen LogP contribution >= 0.6 is 0 Å². The van der Waals surface area contributed by atoms with Crippen molar-refractivity contribution in [3.63, 3.8) is 0 Å². The number of imide groups is 1. The molecular formula is C22H23F2N3O3. The van der Waals surface area contributed by atoms with Crippen LogP contribution in [0.2, 0.25) is 0 Å². The van der Waals surface area contributed by atoms with Crippen molar-refractivity contribution in [2.24, 2.45) is 0 Å². The van der Waals surface area contributed by atoms with E-state index < -0.39 is 41.6 Å². The summed E-state index contributed by atoms with van der Waals surface area (Å²) < 4.78 is 27.8. The van der Waals surface area contributed by atoms with Crippen molar-refractivity contribution in [1.29, 1.82) is 0 Å². The van der Waals surface area contributed by atoms with Crippen molar-refractivity contribution >= 4 is 17.8 Å². The molecule has 0 unspecified atom stereocenters. The maximum atomic E-state index is 14.2. The highest BCUT2D eigenvalue weighted by molar-refractivity contribution is 6.09. The second kappa shape index (κ2) is 8.61. The number of nitrogens with zero attached hydrogens (tertiary/aromatic N) is 1. The van der Waals surface area contributed by atoms with E-state index >= 15 is 0 Å². The maximum absolute atomic E-state index is 14.2. The molecule has 4 amide bonds. The molecule has 158 valence electrons. The molecule has 0 bridgehead atoms. The molecule has 1 fully saturated rings. The Hall–Kier alpha value is -3.29. The highest BCUT2D eigenvalue weighted by atomic mass is 19.1. The first kappa shape index (κ1) is 21.4. The number of nitrogens with one attached hydrogen (secondary N) is 2. The molecule has 0 saturated carbocycles. The Kier molecular flexibility index (Phi) is 6.14. The zero-order valence-electron chi connectivity index (χ0n) is 16.7.